The van der Waals surface area contributed by atoms with Crippen molar-refractivity contribution in [1.29, 1.82) is 0 Å². The molecule has 0 aromatic heterocycles. The third kappa shape index (κ3) is 4.31. The minimum absolute atomic E-state index is 0.0724. The third-order valence-corrected chi connectivity index (χ3v) is 4.15. The number of anilines is 1. The van der Waals surface area contributed by atoms with E-state index in [1.165, 1.54) is 4.90 Å². The number of fused-ring (bicyclic) bond motifs is 1. The first-order valence-electron chi connectivity index (χ1n) is 8.74. The Morgan fingerprint density at radius 1 is 1.15 bits per heavy atom. The summed E-state index contributed by atoms with van der Waals surface area (Å²) >= 11 is 0. The lowest BCUT2D eigenvalue weighted by Gasteiger charge is -2.24. The number of carbonyl (C=O) groups is 2. The van der Waals surface area contributed by atoms with Crippen LogP contribution in [0.25, 0.3) is 0 Å². The van der Waals surface area contributed by atoms with Crippen molar-refractivity contribution in [2.75, 3.05) is 38.7 Å². The second-order valence-corrected chi connectivity index (χ2v) is 5.93. The van der Waals surface area contributed by atoms with Gasteiger partial charge in [-0.1, -0.05) is 12.1 Å². The number of nitrogens with zero attached hydrogens (tertiary/aromatic N) is 1. The standard InChI is InChI=1S/C20H22N2O5/c1-3-22(13-18(23)21-14-6-4-7-15(12-14)25-2)20(24)16-8-5-9-17-19(16)27-11-10-26-17/h4-9,12H,3,10-11,13H2,1-2H3,(H,21,23). The normalized spacial score (nSPS) is 12.2. The molecule has 0 bridgehead atoms. The van der Waals surface area contributed by atoms with Gasteiger partial charge in [-0.15, -0.1) is 0 Å². The molecule has 7 nitrogen and oxygen atoms in total. The average molecular weight is 370 g/mol. The molecular formula is C20H22N2O5. The molecule has 3 rings (SSSR count). The highest BCUT2D eigenvalue weighted by atomic mass is 16.6. The van der Waals surface area contributed by atoms with Gasteiger partial charge in [-0.05, 0) is 31.2 Å². The zero-order valence-electron chi connectivity index (χ0n) is 15.4. The molecule has 0 saturated carbocycles. The number of methoxy groups -OCH3 is 1. The average Bonchev–Trinajstić information content (AvgIpc) is 2.71. The first-order valence-corrected chi connectivity index (χ1v) is 8.74. The molecule has 1 heterocycles. The van der Waals surface area contributed by atoms with Gasteiger partial charge in [-0.3, -0.25) is 9.59 Å². The molecule has 2 aromatic rings. The van der Waals surface area contributed by atoms with Gasteiger partial charge in [0.2, 0.25) is 5.91 Å². The molecule has 0 atom stereocenters. The molecule has 2 aromatic carbocycles. The van der Waals surface area contributed by atoms with Crippen molar-refractivity contribution >= 4 is 17.5 Å². The van der Waals surface area contributed by atoms with Gasteiger partial charge in [0.25, 0.3) is 5.91 Å². The number of carbonyl (C=O) groups excluding carboxylic acids is 2. The Hall–Kier alpha value is -3.22. The summed E-state index contributed by atoms with van der Waals surface area (Å²) in [4.78, 5) is 26.8. The Kier molecular flexibility index (Phi) is 5.80. The van der Waals surface area contributed by atoms with E-state index in [4.69, 9.17) is 14.2 Å². The van der Waals surface area contributed by atoms with E-state index in [0.29, 0.717) is 48.3 Å². The van der Waals surface area contributed by atoms with Crippen LogP contribution in [0.1, 0.15) is 17.3 Å². The lowest BCUT2D eigenvalue weighted by atomic mass is 10.1. The van der Waals surface area contributed by atoms with Crippen LogP contribution >= 0.6 is 0 Å². The molecule has 0 unspecified atom stereocenters. The maximum absolute atomic E-state index is 12.9. The molecule has 0 fully saturated rings. The zero-order valence-corrected chi connectivity index (χ0v) is 15.4. The SMILES string of the molecule is CCN(CC(=O)Nc1cccc(OC)c1)C(=O)c1cccc2c1OCCO2. The smallest absolute Gasteiger partial charge is 0.258 e. The Labute approximate surface area is 157 Å². The van der Waals surface area contributed by atoms with Crippen molar-refractivity contribution in [2.24, 2.45) is 0 Å². The fourth-order valence-electron chi connectivity index (χ4n) is 2.81. The van der Waals surface area contributed by atoms with E-state index in [1.54, 1.807) is 49.6 Å². The maximum atomic E-state index is 12.9. The number of hydrogen-bond acceptors (Lipinski definition) is 5. The van der Waals surface area contributed by atoms with Gasteiger partial charge in [-0.25, -0.2) is 0 Å². The van der Waals surface area contributed by atoms with Crippen molar-refractivity contribution in [3.8, 4) is 17.2 Å². The van der Waals surface area contributed by atoms with Crippen LogP contribution in [0.2, 0.25) is 0 Å². The highest BCUT2D eigenvalue weighted by Gasteiger charge is 2.25. The topological polar surface area (TPSA) is 77.1 Å². The number of amides is 2. The van der Waals surface area contributed by atoms with Crippen LogP contribution in [0.3, 0.4) is 0 Å². The van der Waals surface area contributed by atoms with E-state index in [2.05, 4.69) is 5.32 Å². The Morgan fingerprint density at radius 3 is 2.70 bits per heavy atom. The van der Waals surface area contributed by atoms with E-state index in [1.807, 2.05) is 6.92 Å². The van der Waals surface area contributed by atoms with Crippen LogP contribution in [0.5, 0.6) is 17.2 Å². The number of rotatable bonds is 6. The number of para-hydroxylation sites is 1. The molecule has 7 heteroatoms. The largest absolute Gasteiger partial charge is 0.497 e. The second-order valence-electron chi connectivity index (χ2n) is 5.93. The van der Waals surface area contributed by atoms with E-state index < -0.39 is 0 Å². The molecule has 1 N–H and O–H groups in total. The zero-order chi connectivity index (χ0) is 19.2. The van der Waals surface area contributed by atoms with E-state index in [0.717, 1.165) is 0 Å². The lowest BCUT2D eigenvalue weighted by Crippen LogP contribution is -2.38. The molecule has 1 aliphatic heterocycles. The fraction of sp³-hybridized carbons (Fsp3) is 0.300. The van der Waals surface area contributed by atoms with Gasteiger partial charge >= 0.3 is 0 Å². The van der Waals surface area contributed by atoms with Crippen molar-refractivity contribution in [3.63, 3.8) is 0 Å². The summed E-state index contributed by atoms with van der Waals surface area (Å²) in [7, 11) is 1.56. The molecule has 0 radical (unpaired) electrons. The van der Waals surface area contributed by atoms with Crippen LogP contribution in [-0.4, -0.2) is 50.1 Å². The van der Waals surface area contributed by atoms with E-state index >= 15 is 0 Å². The minimum Gasteiger partial charge on any atom is -0.497 e. The van der Waals surface area contributed by atoms with Gasteiger partial charge in [0.15, 0.2) is 11.5 Å². The summed E-state index contributed by atoms with van der Waals surface area (Å²) in [5, 5.41) is 2.78. The highest BCUT2D eigenvalue weighted by molar-refractivity contribution is 6.01. The van der Waals surface area contributed by atoms with Crippen molar-refractivity contribution < 1.29 is 23.8 Å². The highest BCUT2D eigenvalue weighted by Crippen LogP contribution is 2.34. The first-order chi connectivity index (χ1) is 13.1. The summed E-state index contributed by atoms with van der Waals surface area (Å²) in [5.41, 5.74) is 1.000. The Balaban J connectivity index is 1.71. The van der Waals surface area contributed by atoms with Crippen LogP contribution in [0, 0.1) is 0 Å². The maximum Gasteiger partial charge on any atom is 0.258 e. The van der Waals surface area contributed by atoms with Gasteiger partial charge in [0, 0.05) is 18.3 Å². The number of hydrogen-bond donors (Lipinski definition) is 1. The quantitative estimate of drug-likeness (QED) is 0.846. The van der Waals surface area contributed by atoms with Crippen LogP contribution in [0.15, 0.2) is 42.5 Å². The minimum atomic E-state index is -0.291. The first kappa shape index (κ1) is 18.6. The van der Waals surface area contributed by atoms with Crippen LogP contribution in [0.4, 0.5) is 5.69 Å². The summed E-state index contributed by atoms with van der Waals surface area (Å²) in [5.74, 6) is 1.05. The third-order valence-electron chi connectivity index (χ3n) is 4.15. The fourth-order valence-corrected chi connectivity index (χ4v) is 2.81. The molecule has 0 aliphatic carbocycles. The van der Waals surface area contributed by atoms with E-state index in [9.17, 15) is 9.59 Å². The van der Waals surface area contributed by atoms with Crippen LogP contribution in [-0.2, 0) is 4.79 Å². The predicted molar refractivity (Wildman–Crippen MR) is 101 cm³/mol. The van der Waals surface area contributed by atoms with Crippen molar-refractivity contribution in [2.45, 2.75) is 6.92 Å². The van der Waals surface area contributed by atoms with Gasteiger partial charge in [-0.2, -0.15) is 0 Å². The number of ether oxygens (including phenoxy) is 3. The van der Waals surface area contributed by atoms with E-state index in [-0.39, 0.29) is 18.4 Å². The Bertz CT molecular complexity index is 837. The molecular weight excluding hydrogens is 348 g/mol. The molecule has 27 heavy (non-hydrogen) atoms. The summed E-state index contributed by atoms with van der Waals surface area (Å²) < 4.78 is 16.3. The Morgan fingerprint density at radius 2 is 1.93 bits per heavy atom. The number of likely N-dealkylation sites (N-methyl/N-ethyl adjacent to an activating group) is 1. The summed E-state index contributed by atoms with van der Waals surface area (Å²) in [6, 6.07) is 12.2. The molecule has 0 saturated heterocycles. The number of nitrogens with one attached hydrogen (secondary N) is 1. The number of benzene rings is 2. The molecule has 2 amide bonds. The molecule has 142 valence electrons. The summed E-state index contributed by atoms with van der Waals surface area (Å²) in [6.45, 7) is 2.97. The van der Waals surface area contributed by atoms with Crippen molar-refractivity contribution in [1.82, 2.24) is 4.90 Å². The van der Waals surface area contributed by atoms with Crippen molar-refractivity contribution in [3.05, 3.63) is 48.0 Å². The second kappa shape index (κ2) is 8.44. The monoisotopic (exact) mass is 370 g/mol. The van der Waals surface area contributed by atoms with Gasteiger partial charge < -0.3 is 24.4 Å². The van der Waals surface area contributed by atoms with Crippen LogP contribution < -0.4 is 19.5 Å². The lowest BCUT2D eigenvalue weighted by molar-refractivity contribution is -0.116. The predicted octanol–water partition coefficient (Wildman–Crippen LogP) is 2.57. The van der Waals surface area contributed by atoms with Gasteiger partial charge in [0.05, 0.1) is 12.7 Å². The van der Waals surface area contributed by atoms with Gasteiger partial charge in [0.1, 0.15) is 25.5 Å². The molecule has 1 aliphatic rings. The summed E-state index contributed by atoms with van der Waals surface area (Å²) in [6.07, 6.45) is 0. The molecule has 0 spiro atoms.